The summed E-state index contributed by atoms with van der Waals surface area (Å²) in [5.41, 5.74) is 1.16. The van der Waals surface area contributed by atoms with E-state index in [0.29, 0.717) is 38.4 Å². The van der Waals surface area contributed by atoms with Crippen molar-refractivity contribution in [1.82, 2.24) is 15.3 Å². The molecule has 1 fully saturated rings. The van der Waals surface area contributed by atoms with E-state index < -0.39 is 0 Å². The van der Waals surface area contributed by atoms with Crippen LogP contribution in [-0.2, 0) is 0 Å². The van der Waals surface area contributed by atoms with E-state index in [4.69, 9.17) is 4.74 Å². The highest BCUT2D eigenvalue weighted by atomic mass is 32.1. The van der Waals surface area contributed by atoms with Gasteiger partial charge in [-0.05, 0) is 43.2 Å². The highest BCUT2D eigenvalue weighted by Gasteiger charge is 2.33. The largest absolute Gasteiger partial charge is 0.456 e. The molecule has 170 valence electrons. The second-order valence-corrected chi connectivity index (χ2v) is 9.30. The summed E-state index contributed by atoms with van der Waals surface area (Å²) in [6, 6.07) is 14.5. The molecule has 0 saturated heterocycles. The maximum absolute atomic E-state index is 13.2. The Kier molecular flexibility index (Phi) is 5.10. The average Bonchev–Trinajstić information content (AvgIpc) is 3.49. The second-order valence-electron chi connectivity index (χ2n) is 8.30. The molecule has 0 atom stereocenters. The molecular formula is C25H21N5O3S. The number of hydrogen-bond donors (Lipinski definition) is 2. The van der Waals surface area contributed by atoms with E-state index in [1.807, 2.05) is 30.3 Å². The first-order valence-corrected chi connectivity index (χ1v) is 12.0. The predicted molar refractivity (Wildman–Crippen MR) is 131 cm³/mol. The zero-order chi connectivity index (χ0) is 23.1. The van der Waals surface area contributed by atoms with Gasteiger partial charge in [-0.15, -0.1) is 11.3 Å². The standard InChI is InChI=1S/C25H21N5O3S/c31-23(28-15-6-4-5-7-15)22-21-20-18(12-13-26-24(20)34-22)30(25(32)29-21)19-11-10-17(14-27-19)33-16-8-2-1-3-9-16/h1-3,8-15H,4-7H2,(H,28,31)(H,29,32). The van der Waals surface area contributed by atoms with E-state index >= 15 is 0 Å². The second kappa shape index (κ2) is 8.42. The average molecular weight is 472 g/mol. The number of para-hydroxylation sites is 1. The molecule has 2 N–H and O–H groups in total. The van der Waals surface area contributed by atoms with Crippen molar-refractivity contribution < 1.29 is 14.3 Å². The molecule has 0 bridgehead atoms. The van der Waals surface area contributed by atoms with Crippen molar-refractivity contribution in [3.63, 3.8) is 0 Å². The van der Waals surface area contributed by atoms with Gasteiger partial charge in [0.15, 0.2) is 0 Å². The number of anilines is 3. The quantitative estimate of drug-likeness (QED) is 0.381. The molecule has 0 radical (unpaired) electrons. The van der Waals surface area contributed by atoms with Crippen LogP contribution in [0.25, 0.3) is 10.2 Å². The molecule has 1 aliphatic heterocycles. The monoisotopic (exact) mass is 471 g/mol. The van der Waals surface area contributed by atoms with Gasteiger partial charge >= 0.3 is 6.03 Å². The van der Waals surface area contributed by atoms with Gasteiger partial charge in [0, 0.05) is 12.2 Å². The number of nitrogens with one attached hydrogen (secondary N) is 2. The maximum atomic E-state index is 13.2. The summed E-state index contributed by atoms with van der Waals surface area (Å²) >= 11 is 1.29. The molecule has 3 aromatic heterocycles. The van der Waals surface area contributed by atoms with Crippen LogP contribution < -0.4 is 20.3 Å². The minimum absolute atomic E-state index is 0.162. The van der Waals surface area contributed by atoms with Crippen LogP contribution in [0, 0.1) is 0 Å². The van der Waals surface area contributed by atoms with Gasteiger partial charge < -0.3 is 15.4 Å². The number of carbonyl (C=O) groups excluding carboxylic acids is 2. The van der Waals surface area contributed by atoms with Crippen LogP contribution in [0.3, 0.4) is 0 Å². The smallest absolute Gasteiger partial charge is 0.332 e. The van der Waals surface area contributed by atoms with Crippen molar-refractivity contribution >= 4 is 50.7 Å². The molecule has 34 heavy (non-hydrogen) atoms. The van der Waals surface area contributed by atoms with Gasteiger partial charge in [-0.3, -0.25) is 4.79 Å². The highest BCUT2D eigenvalue weighted by molar-refractivity contribution is 7.21. The number of urea groups is 1. The molecule has 4 heterocycles. The summed E-state index contributed by atoms with van der Waals surface area (Å²) in [7, 11) is 0. The number of pyridine rings is 2. The highest BCUT2D eigenvalue weighted by Crippen LogP contribution is 2.45. The Labute approximate surface area is 199 Å². The van der Waals surface area contributed by atoms with Gasteiger partial charge in [-0.25, -0.2) is 19.7 Å². The Morgan fingerprint density at radius 1 is 1.06 bits per heavy atom. The van der Waals surface area contributed by atoms with Gasteiger partial charge in [-0.2, -0.15) is 0 Å². The van der Waals surface area contributed by atoms with Crippen molar-refractivity contribution in [1.29, 1.82) is 0 Å². The third-order valence-corrected chi connectivity index (χ3v) is 7.17. The summed E-state index contributed by atoms with van der Waals surface area (Å²) < 4.78 is 5.81. The van der Waals surface area contributed by atoms with Crippen LogP contribution in [0.15, 0.2) is 60.9 Å². The predicted octanol–water partition coefficient (Wildman–Crippen LogP) is 5.84. The fourth-order valence-corrected chi connectivity index (χ4v) is 5.51. The zero-order valence-electron chi connectivity index (χ0n) is 18.2. The molecule has 3 amide bonds. The first-order chi connectivity index (χ1) is 16.7. The summed E-state index contributed by atoms with van der Waals surface area (Å²) in [6.45, 7) is 0. The molecule has 1 saturated carbocycles. The van der Waals surface area contributed by atoms with E-state index in [0.717, 1.165) is 31.1 Å². The lowest BCUT2D eigenvalue weighted by molar-refractivity contribution is 0.0943. The summed E-state index contributed by atoms with van der Waals surface area (Å²) in [5.74, 6) is 1.55. The maximum Gasteiger partial charge on any atom is 0.332 e. The number of benzene rings is 1. The molecule has 2 aliphatic rings. The van der Waals surface area contributed by atoms with Gasteiger partial charge in [0.1, 0.15) is 27.0 Å². The molecule has 0 spiro atoms. The third kappa shape index (κ3) is 3.63. The summed E-state index contributed by atoms with van der Waals surface area (Å²) in [4.78, 5) is 37.8. The van der Waals surface area contributed by atoms with Gasteiger partial charge in [0.25, 0.3) is 5.91 Å². The molecule has 4 aromatic rings. The number of thiophene rings is 1. The third-order valence-electron chi connectivity index (χ3n) is 6.07. The first-order valence-electron chi connectivity index (χ1n) is 11.2. The number of ether oxygens (including phenoxy) is 1. The van der Waals surface area contributed by atoms with Crippen LogP contribution in [0.2, 0.25) is 0 Å². The van der Waals surface area contributed by atoms with Crippen molar-refractivity contribution in [2.75, 3.05) is 10.2 Å². The van der Waals surface area contributed by atoms with E-state index in [1.54, 1.807) is 30.6 Å². The lowest BCUT2D eigenvalue weighted by atomic mass is 10.1. The number of amides is 3. The zero-order valence-corrected chi connectivity index (χ0v) is 19.0. The Morgan fingerprint density at radius 2 is 1.88 bits per heavy atom. The lowest BCUT2D eigenvalue weighted by Gasteiger charge is -2.27. The number of nitrogens with zero attached hydrogens (tertiary/aromatic N) is 3. The fourth-order valence-electron chi connectivity index (χ4n) is 4.48. The molecule has 0 unspecified atom stereocenters. The van der Waals surface area contributed by atoms with E-state index in [-0.39, 0.29) is 18.0 Å². The number of hydrogen-bond acceptors (Lipinski definition) is 6. The van der Waals surface area contributed by atoms with Crippen LogP contribution in [0.1, 0.15) is 35.4 Å². The first kappa shape index (κ1) is 20.6. The minimum atomic E-state index is -0.377. The molecule has 9 heteroatoms. The molecule has 1 aromatic carbocycles. The van der Waals surface area contributed by atoms with Crippen molar-refractivity contribution in [3.05, 3.63) is 65.8 Å². The molecular weight excluding hydrogens is 450 g/mol. The normalized spacial score (nSPS) is 15.4. The van der Waals surface area contributed by atoms with E-state index in [1.165, 1.54) is 16.2 Å². The molecule has 6 rings (SSSR count). The topological polar surface area (TPSA) is 96.5 Å². The van der Waals surface area contributed by atoms with E-state index in [2.05, 4.69) is 20.6 Å². The summed E-state index contributed by atoms with van der Waals surface area (Å²) in [6.07, 6.45) is 7.47. The van der Waals surface area contributed by atoms with Gasteiger partial charge in [0.2, 0.25) is 0 Å². The van der Waals surface area contributed by atoms with Crippen molar-refractivity contribution in [3.8, 4) is 11.5 Å². The Morgan fingerprint density at radius 3 is 2.65 bits per heavy atom. The van der Waals surface area contributed by atoms with Crippen LogP contribution in [0.4, 0.5) is 22.0 Å². The number of carbonyl (C=O) groups is 2. The van der Waals surface area contributed by atoms with Crippen LogP contribution in [0.5, 0.6) is 11.5 Å². The molecule has 1 aliphatic carbocycles. The van der Waals surface area contributed by atoms with E-state index in [9.17, 15) is 9.59 Å². The van der Waals surface area contributed by atoms with Crippen LogP contribution >= 0.6 is 11.3 Å². The van der Waals surface area contributed by atoms with Crippen molar-refractivity contribution in [2.45, 2.75) is 31.7 Å². The Bertz CT molecular complexity index is 1380. The van der Waals surface area contributed by atoms with Crippen LogP contribution in [-0.4, -0.2) is 27.9 Å². The Balaban J connectivity index is 1.33. The summed E-state index contributed by atoms with van der Waals surface area (Å²) in [5, 5.41) is 6.76. The number of aromatic nitrogens is 2. The lowest BCUT2D eigenvalue weighted by Crippen LogP contribution is -2.36. The molecule has 8 nitrogen and oxygen atoms in total. The Hall–Kier alpha value is -3.98. The minimum Gasteiger partial charge on any atom is -0.456 e. The van der Waals surface area contributed by atoms with Gasteiger partial charge in [0.05, 0.1) is 23.0 Å². The fraction of sp³-hybridized carbons (Fsp3) is 0.200. The number of rotatable bonds is 5. The van der Waals surface area contributed by atoms with Gasteiger partial charge in [-0.1, -0.05) is 31.0 Å². The van der Waals surface area contributed by atoms with Crippen molar-refractivity contribution in [2.24, 2.45) is 0 Å². The SMILES string of the molecule is O=C(NC1CCCC1)c1sc2nccc3c2c1NC(=O)N3c1ccc(Oc2ccccc2)cn1.